The van der Waals surface area contributed by atoms with Gasteiger partial charge in [0.1, 0.15) is 12.1 Å². The van der Waals surface area contributed by atoms with Crippen LogP contribution in [0.5, 0.6) is 0 Å². The molecule has 3 fully saturated rings. The number of urea groups is 1. The van der Waals surface area contributed by atoms with Crippen LogP contribution < -0.4 is 21.3 Å². The van der Waals surface area contributed by atoms with Crippen molar-refractivity contribution in [2.75, 3.05) is 27.2 Å². The van der Waals surface area contributed by atoms with Crippen molar-refractivity contribution < 1.29 is 19.2 Å². The van der Waals surface area contributed by atoms with Gasteiger partial charge in [0.2, 0.25) is 17.7 Å². The standard InChI is InChI=1S/C28H42N6O4/c1-18(29-2)25(35)32-23-17-33(28(38)30-3)16-15-20-13-14-24(34(20)27(23)37)26(36)31-22-12-8-7-11-21(22)19-9-5-4-6-10-19/h4-6,9-10,18,20-24,29H,7-8,11-17H2,1-3H3,(H,30,38)(H,31,36)(H,32,35). The first kappa shape index (κ1) is 27.9. The molecule has 2 saturated heterocycles. The molecule has 2 heterocycles. The van der Waals surface area contributed by atoms with E-state index in [0.29, 0.717) is 25.8 Å². The van der Waals surface area contributed by atoms with Gasteiger partial charge in [0.25, 0.3) is 0 Å². The maximum Gasteiger partial charge on any atom is 0.317 e. The molecule has 5 amide bonds. The number of hydrogen-bond donors (Lipinski definition) is 4. The maximum atomic E-state index is 13.9. The highest BCUT2D eigenvalue weighted by Gasteiger charge is 2.46. The van der Waals surface area contributed by atoms with Crippen molar-refractivity contribution in [3.05, 3.63) is 35.9 Å². The number of nitrogens with one attached hydrogen (secondary N) is 4. The highest BCUT2D eigenvalue weighted by Crippen LogP contribution is 2.34. The molecule has 0 spiro atoms. The number of nitrogens with zero attached hydrogens (tertiary/aromatic N) is 2. The number of carbonyl (C=O) groups excluding carboxylic acids is 4. The molecule has 1 aromatic rings. The Bertz CT molecular complexity index is 1000. The zero-order chi connectivity index (χ0) is 27.2. The highest BCUT2D eigenvalue weighted by atomic mass is 16.2. The molecule has 4 rings (SSSR count). The van der Waals surface area contributed by atoms with Gasteiger partial charge in [-0.15, -0.1) is 0 Å². The molecule has 1 saturated carbocycles. The third-order valence-electron chi connectivity index (χ3n) is 8.46. The largest absolute Gasteiger partial charge is 0.351 e. The van der Waals surface area contributed by atoms with Crippen molar-refractivity contribution in [3.8, 4) is 0 Å². The van der Waals surface area contributed by atoms with Gasteiger partial charge in [-0.1, -0.05) is 43.2 Å². The van der Waals surface area contributed by atoms with Crippen molar-refractivity contribution in [1.82, 2.24) is 31.1 Å². The van der Waals surface area contributed by atoms with Gasteiger partial charge in [0.15, 0.2) is 0 Å². The van der Waals surface area contributed by atoms with E-state index in [9.17, 15) is 19.2 Å². The lowest BCUT2D eigenvalue weighted by atomic mass is 9.80. The fourth-order valence-corrected chi connectivity index (χ4v) is 6.19. The van der Waals surface area contributed by atoms with E-state index in [0.717, 1.165) is 25.7 Å². The minimum atomic E-state index is -0.932. The highest BCUT2D eigenvalue weighted by molar-refractivity contribution is 5.94. The summed E-state index contributed by atoms with van der Waals surface area (Å²) in [5.41, 5.74) is 1.24. The summed E-state index contributed by atoms with van der Waals surface area (Å²) in [6.07, 6.45) is 5.99. The van der Waals surface area contributed by atoms with E-state index in [4.69, 9.17) is 0 Å². The van der Waals surface area contributed by atoms with E-state index in [-0.39, 0.29) is 48.3 Å². The van der Waals surface area contributed by atoms with Crippen LogP contribution in [-0.2, 0) is 14.4 Å². The zero-order valence-corrected chi connectivity index (χ0v) is 22.7. The SMILES string of the molecule is CNC(=O)N1CCC2CCC(C(=O)NC3CCCCC3c3ccccc3)N2C(=O)C(NC(=O)C(C)NC)C1. The van der Waals surface area contributed by atoms with E-state index in [1.165, 1.54) is 5.56 Å². The Morgan fingerprint density at radius 3 is 2.39 bits per heavy atom. The van der Waals surface area contributed by atoms with Crippen molar-refractivity contribution in [2.45, 2.75) is 88.0 Å². The average Bonchev–Trinajstić information content (AvgIpc) is 3.36. The average molecular weight is 527 g/mol. The van der Waals surface area contributed by atoms with Crippen LogP contribution in [0.15, 0.2) is 30.3 Å². The molecule has 6 atom stereocenters. The fraction of sp³-hybridized carbons (Fsp3) is 0.643. The number of carbonyl (C=O) groups is 4. The minimum absolute atomic E-state index is 0.0262. The normalized spacial score (nSPS) is 28.5. The smallest absolute Gasteiger partial charge is 0.317 e. The first-order valence-corrected chi connectivity index (χ1v) is 14.0. The van der Waals surface area contributed by atoms with Gasteiger partial charge >= 0.3 is 6.03 Å². The molecular weight excluding hydrogens is 484 g/mol. The second-order valence-electron chi connectivity index (χ2n) is 10.8. The summed E-state index contributed by atoms with van der Waals surface area (Å²) >= 11 is 0. The van der Waals surface area contributed by atoms with Gasteiger partial charge in [-0.3, -0.25) is 14.4 Å². The lowest BCUT2D eigenvalue weighted by molar-refractivity contribution is -0.145. The molecule has 38 heavy (non-hydrogen) atoms. The quantitative estimate of drug-likeness (QED) is 0.445. The Morgan fingerprint density at radius 2 is 1.68 bits per heavy atom. The maximum absolute atomic E-state index is 13.9. The number of fused-ring (bicyclic) bond motifs is 1. The van der Waals surface area contributed by atoms with E-state index < -0.39 is 18.1 Å². The molecule has 208 valence electrons. The number of hydrogen-bond acceptors (Lipinski definition) is 5. The first-order chi connectivity index (χ1) is 18.3. The first-order valence-electron chi connectivity index (χ1n) is 14.0. The van der Waals surface area contributed by atoms with Crippen LogP contribution in [-0.4, -0.2) is 90.9 Å². The lowest BCUT2D eigenvalue weighted by Gasteiger charge is -2.39. The molecule has 3 aliphatic rings. The van der Waals surface area contributed by atoms with Gasteiger partial charge in [0, 0.05) is 31.6 Å². The summed E-state index contributed by atoms with van der Waals surface area (Å²) in [5, 5.41) is 11.7. The van der Waals surface area contributed by atoms with Crippen LogP contribution in [0, 0.1) is 0 Å². The molecular formula is C28H42N6O4. The van der Waals surface area contributed by atoms with Gasteiger partial charge in [-0.05, 0) is 51.6 Å². The van der Waals surface area contributed by atoms with Crippen LogP contribution in [0.1, 0.15) is 63.4 Å². The predicted octanol–water partition coefficient (Wildman–Crippen LogP) is 1.33. The fourth-order valence-electron chi connectivity index (χ4n) is 6.19. The number of likely N-dealkylation sites (N-methyl/N-ethyl adjacent to an activating group) is 1. The topological polar surface area (TPSA) is 123 Å². The minimum Gasteiger partial charge on any atom is -0.351 e. The van der Waals surface area contributed by atoms with Crippen molar-refractivity contribution in [3.63, 3.8) is 0 Å². The van der Waals surface area contributed by atoms with Crippen molar-refractivity contribution >= 4 is 23.8 Å². The number of amides is 5. The van der Waals surface area contributed by atoms with E-state index in [2.05, 4.69) is 33.4 Å². The second kappa shape index (κ2) is 12.6. The van der Waals surface area contributed by atoms with E-state index >= 15 is 0 Å². The van der Waals surface area contributed by atoms with Crippen molar-refractivity contribution in [2.24, 2.45) is 0 Å². The molecule has 2 aliphatic heterocycles. The molecule has 1 aliphatic carbocycles. The Morgan fingerprint density at radius 1 is 0.947 bits per heavy atom. The van der Waals surface area contributed by atoms with Crippen LogP contribution in [0.3, 0.4) is 0 Å². The predicted molar refractivity (Wildman–Crippen MR) is 144 cm³/mol. The van der Waals surface area contributed by atoms with E-state index in [1.807, 2.05) is 18.2 Å². The van der Waals surface area contributed by atoms with Gasteiger partial charge in [0.05, 0.1) is 12.6 Å². The van der Waals surface area contributed by atoms with Crippen molar-refractivity contribution in [1.29, 1.82) is 0 Å². The molecule has 10 heteroatoms. The van der Waals surface area contributed by atoms with Crippen LogP contribution in [0.2, 0.25) is 0 Å². The lowest BCUT2D eigenvalue weighted by Crippen LogP contribution is -2.63. The zero-order valence-electron chi connectivity index (χ0n) is 22.7. The summed E-state index contributed by atoms with van der Waals surface area (Å²) in [4.78, 5) is 56.1. The second-order valence-corrected chi connectivity index (χ2v) is 10.8. The number of rotatable bonds is 6. The summed E-state index contributed by atoms with van der Waals surface area (Å²) < 4.78 is 0. The Balaban J connectivity index is 1.53. The Kier molecular flexibility index (Phi) is 9.25. The molecule has 1 aromatic carbocycles. The molecule has 4 N–H and O–H groups in total. The third-order valence-corrected chi connectivity index (χ3v) is 8.46. The molecule has 6 unspecified atom stereocenters. The monoisotopic (exact) mass is 526 g/mol. The van der Waals surface area contributed by atoms with Gasteiger partial charge < -0.3 is 31.1 Å². The third kappa shape index (κ3) is 6.11. The summed E-state index contributed by atoms with van der Waals surface area (Å²) in [5.74, 6) is -0.495. The van der Waals surface area contributed by atoms with Crippen LogP contribution in [0.25, 0.3) is 0 Å². The Labute approximate surface area is 225 Å². The molecule has 10 nitrogen and oxygen atoms in total. The summed E-state index contributed by atoms with van der Waals surface area (Å²) in [7, 11) is 3.22. The molecule has 0 radical (unpaired) electrons. The van der Waals surface area contributed by atoms with Gasteiger partial charge in [-0.2, -0.15) is 0 Å². The summed E-state index contributed by atoms with van der Waals surface area (Å²) in [6.45, 7) is 2.20. The van der Waals surface area contributed by atoms with Crippen LogP contribution >= 0.6 is 0 Å². The van der Waals surface area contributed by atoms with Crippen LogP contribution in [0.4, 0.5) is 4.79 Å². The molecule has 0 bridgehead atoms. The van der Waals surface area contributed by atoms with E-state index in [1.54, 1.807) is 30.8 Å². The number of benzene rings is 1. The molecule has 0 aromatic heterocycles. The van der Waals surface area contributed by atoms with Gasteiger partial charge in [-0.25, -0.2) is 4.79 Å². The Hall–Kier alpha value is -3.14. The summed E-state index contributed by atoms with van der Waals surface area (Å²) in [6, 6.07) is 7.88.